The molecule has 0 spiro atoms. The summed E-state index contributed by atoms with van der Waals surface area (Å²) in [5.41, 5.74) is 8.60. The lowest BCUT2D eigenvalue weighted by molar-refractivity contribution is 1.32. The maximum atomic E-state index is 5.15. The summed E-state index contributed by atoms with van der Waals surface area (Å²) in [6.45, 7) is 0. The molecule has 0 aliphatic rings. The molecular formula is C30H20N2S. The van der Waals surface area contributed by atoms with E-state index in [1.54, 1.807) is 11.3 Å². The van der Waals surface area contributed by atoms with Gasteiger partial charge in [-0.1, -0.05) is 121 Å². The molecule has 33 heavy (non-hydrogen) atoms. The van der Waals surface area contributed by atoms with E-state index in [1.807, 2.05) is 12.1 Å². The largest absolute Gasteiger partial charge is 0.227 e. The van der Waals surface area contributed by atoms with Crippen molar-refractivity contribution < 1.29 is 0 Å². The molecule has 0 unspecified atom stereocenters. The topological polar surface area (TPSA) is 25.8 Å². The SMILES string of the molecule is c1ccc(-c2nc3nc(-c4ccccc4)c(-c4ccccc4)c(-c4ccccc4)c3s2)cc1. The zero-order valence-electron chi connectivity index (χ0n) is 17.8. The second kappa shape index (κ2) is 8.45. The monoisotopic (exact) mass is 440 g/mol. The van der Waals surface area contributed by atoms with Crippen molar-refractivity contribution in [1.29, 1.82) is 0 Å². The predicted molar refractivity (Wildman–Crippen MR) is 139 cm³/mol. The van der Waals surface area contributed by atoms with Crippen LogP contribution in [0.3, 0.4) is 0 Å². The van der Waals surface area contributed by atoms with E-state index in [4.69, 9.17) is 9.97 Å². The molecule has 0 radical (unpaired) electrons. The molecule has 156 valence electrons. The molecule has 4 aromatic carbocycles. The highest BCUT2D eigenvalue weighted by atomic mass is 32.1. The summed E-state index contributed by atoms with van der Waals surface area (Å²) in [6, 6.07) is 41.9. The van der Waals surface area contributed by atoms with E-state index < -0.39 is 0 Å². The Labute approximate surface area is 196 Å². The highest BCUT2D eigenvalue weighted by molar-refractivity contribution is 7.22. The fourth-order valence-electron chi connectivity index (χ4n) is 4.22. The van der Waals surface area contributed by atoms with Crippen LogP contribution in [0.2, 0.25) is 0 Å². The third-order valence-corrected chi connectivity index (χ3v) is 6.84. The molecule has 6 aromatic rings. The van der Waals surface area contributed by atoms with E-state index >= 15 is 0 Å². The number of hydrogen-bond acceptors (Lipinski definition) is 3. The van der Waals surface area contributed by atoms with Crippen LogP contribution in [0.4, 0.5) is 0 Å². The van der Waals surface area contributed by atoms with E-state index in [0.29, 0.717) is 0 Å². The number of nitrogens with zero attached hydrogens (tertiary/aromatic N) is 2. The second-order valence-corrected chi connectivity index (χ2v) is 8.85. The third-order valence-electron chi connectivity index (χ3n) is 5.73. The number of rotatable bonds is 4. The van der Waals surface area contributed by atoms with Crippen molar-refractivity contribution in [1.82, 2.24) is 9.97 Å². The summed E-state index contributed by atoms with van der Waals surface area (Å²) in [5, 5.41) is 0.986. The van der Waals surface area contributed by atoms with Crippen LogP contribution in [-0.4, -0.2) is 9.97 Å². The van der Waals surface area contributed by atoms with Gasteiger partial charge in [0.25, 0.3) is 0 Å². The van der Waals surface area contributed by atoms with Gasteiger partial charge in [-0.15, -0.1) is 11.3 Å². The highest BCUT2D eigenvalue weighted by Gasteiger charge is 2.22. The van der Waals surface area contributed by atoms with Gasteiger partial charge in [0.2, 0.25) is 0 Å². The molecule has 0 aliphatic carbocycles. The molecule has 2 heterocycles. The summed E-state index contributed by atoms with van der Waals surface area (Å²) in [6.07, 6.45) is 0. The average Bonchev–Trinajstić information content (AvgIpc) is 3.34. The summed E-state index contributed by atoms with van der Waals surface area (Å²) in [4.78, 5) is 10.2. The lowest BCUT2D eigenvalue weighted by Gasteiger charge is -2.16. The minimum absolute atomic E-state index is 0.788. The first kappa shape index (κ1) is 19.6. The van der Waals surface area contributed by atoms with Crippen molar-refractivity contribution >= 4 is 21.7 Å². The lowest BCUT2D eigenvalue weighted by Crippen LogP contribution is -1.95. The zero-order chi connectivity index (χ0) is 22.0. The van der Waals surface area contributed by atoms with Crippen LogP contribution >= 0.6 is 11.3 Å². The van der Waals surface area contributed by atoms with Gasteiger partial charge in [0.1, 0.15) is 5.01 Å². The Balaban J connectivity index is 1.75. The van der Waals surface area contributed by atoms with Crippen molar-refractivity contribution in [2.45, 2.75) is 0 Å². The van der Waals surface area contributed by atoms with Gasteiger partial charge in [0.15, 0.2) is 5.65 Å². The van der Waals surface area contributed by atoms with E-state index in [9.17, 15) is 0 Å². The number of benzene rings is 4. The molecule has 3 heteroatoms. The molecule has 0 fully saturated rings. The first-order valence-electron chi connectivity index (χ1n) is 10.9. The normalized spacial score (nSPS) is 11.0. The van der Waals surface area contributed by atoms with Gasteiger partial charge in [-0.3, -0.25) is 0 Å². The molecular weight excluding hydrogens is 420 g/mol. The summed E-state index contributed by atoms with van der Waals surface area (Å²) in [5.74, 6) is 0. The van der Waals surface area contributed by atoms with Gasteiger partial charge in [0, 0.05) is 22.3 Å². The molecule has 0 N–H and O–H groups in total. The van der Waals surface area contributed by atoms with Gasteiger partial charge in [-0.25, -0.2) is 9.97 Å². The van der Waals surface area contributed by atoms with Crippen LogP contribution in [-0.2, 0) is 0 Å². The maximum absolute atomic E-state index is 5.15. The Morgan fingerprint density at radius 1 is 0.424 bits per heavy atom. The molecule has 0 bridgehead atoms. The Hall–Kier alpha value is -4.08. The number of aromatic nitrogens is 2. The van der Waals surface area contributed by atoms with E-state index in [1.165, 1.54) is 11.1 Å². The van der Waals surface area contributed by atoms with Crippen LogP contribution < -0.4 is 0 Å². The molecule has 6 rings (SSSR count). The Bertz CT molecular complexity index is 1520. The molecule has 0 amide bonds. The molecule has 0 aliphatic heterocycles. The zero-order valence-corrected chi connectivity index (χ0v) is 18.7. The first-order valence-corrected chi connectivity index (χ1v) is 11.8. The number of fused-ring (bicyclic) bond motifs is 1. The van der Waals surface area contributed by atoms with Crippen LogP contribution in [0.5, 0.6) is 0 Å². The first-order chi connectivity index (χ1) is 16.4. The number of hydrogen-bond donors (Lipinski definition) is 0. The van der Waals surface area contributed by atoms with E-state index in [0.717, 1.165) is 43.3 Å². The van der Waals surface area contributed by atoms with Crippen molar-refractivity contribution in [3.63, 3.8) is 0 Å². The van der Waals surface area contributed by atoms with Crippen LogP contribution in [0.1, 0.15) is 0 Å². The highest BCUT2D eigenvalue weighted by Crippen LogP contribution is 2.45. The van der Waals surface area contributed by atoms with E-state index in [-0.39, 0.29) is 0 Å². The maximum Gasteiger partial charge on any atom is 0.172 e. The average molecular weight is 441 g/mol. The fraction of sp³-hybridized carbons (Fsp3) is 0. The van der Waals surface area contributed by atoms with Gasteiger partial charge >= 0.3 is 0 Å². The minimum Gasteiger partial charge on any atom is -0.227 e. The standard InChI is InChI=1S/C30H20N2S/c1-5-13-21(14-6-1)25-26(22-15-7-2-8-16-22)28-29(31-27(25)23-17-9-3-10-18-23)32-30(33-28)24-19-11-4-12-20-24/h1-20H. The van der Waals surface area contributed by atoms with Gasteiger partial charge < -0.3 is 0 Å². The van der Waals surface area contributed by atoms with Crippen molar-refractivity contribution in [3.8, 4) is 44.1 Å². The van der Waals surface area contributed by atoms with Crippen LogP contribution in [0.15, 0.2) is 121 Å². The number of thiazole rings is 1. The van der Waals surface area contributed by atoms with Gasteiger partial charge in [0.05, 0.1) is 10.4 Å². The summed E-state index contributed by atoms with van der Waals surface area (Å²) in [7, 11) is 0. The third kappa shape index (κ3) is 3.63. The lowest BCUT2D eigenvalue weighted by atomic mass is 9.91. The second-order valence-electron chi connectivity index (χ2n) is 7.85. The molecule has 2 aromatic heterocycles. The Morgan fingerprint density at radius 3 is 1.42 bits per heavy atom. The summed E-state index contributed by atoms with van der Waals surface area (Å²) < 4.78 is 1.11. The van der Waals surface area contributed by atoms with Gasteiger partial charge in [-0.2, -0.15) is 0 Å². The Kier molecular flexibility index (Phi) is 5.02. The van der Waals surface area contributed by atoms with Gasteiger partial charge in [-0.05, 0) is 11.1 Å². The van der Waals surface area contributed by atoms with Crippen molar-refractivity contribution in [3.05, 3.63) is 121 Å². The molecule has 0 saturated heterocycles. The van der Waals surface area contributed by atoms with Crippen LogP contribution in [0.25, 0.3) is 54.4 Å². The van der Waals surface area contributed by atoms with Crippen molar-refractivity contribution in [2.75, 3.05) is 0 Å². The fourth-order valence-corrected chi connectivity index (χ4v) is 5.30. The molecule has 0 atom stereocenters. The quantitative estimate of drug-likeness (QED) is 0.275. The van der Waals surface area contributed by atoms with Crippen LogP contribution in [0, 0.1) is 0 Å². The molecule has 2 nitrogen and oxygen atoms in total. The number of pyridine rings is 1. The Morgan fingerprint density at radius 2 is 0.879 bits per heavy atom. The minimum atomic E-state index is 0.788. The van der Waals surface area contributed by atoms with E-state index in [2.05, 4.69) is 109 Å². The van der Waals surface area contributed by atoms with Crippen molar-refractivity contribution in [2.24, 2.45) is 0 Å². The predicted octanol–water partition coefficient (Wildman–Crippen LogP) is 8.36. The molecule has 0 saturated carbocycles. The smallest absolute Gasteiger partial charge is 0.172 e. The summed E-state index contributed by atoms with van der Waals surface area (Å²) >= 11 is 1.71.